The summed E-state index contributed by atoms with van der Waals surface area (Å²) in [5.74, 6) is 0.284. The third-order valence-corrected chi connectivity index (χ3v) is 4.19. The molecule has 2 aliphatic heterocycles. The third kappa shape index (κ3) is 2.11. The van der Waals surface area contributed by atoms with Crippen LogP contribution in [0, 0.1) is 0 Å². The number of rotatable bonds is 2. The summed E-state index contributed by atoms with van der Waals surface area (Å²) < 4.78 is 16.7. The molecule has 0 bridgehead atoms. The van der Waals surface area contributed by atoms with E-state index in [4.69, 9.17) is 19.1 Å². The average molecular weight is 317 g/mol. The number of fused-ring (bicyclic) bond motifs is 2. The van der Waals surface area contributed by atoms with Gasteiger partial charge >= 0.3 is 5.97 Å². The fourth-order valence-corrected chi connectivity index (χ4v) is 3.17. The number of aromatic nitrogens is 1. The lowest BCUT2D eigenvalue weighted by molar-refractivity contribution is 0.0686. The number of hydrogen-bond donors (Lipinski definition) is 2. The second kappa shape index (κ2) is 5.19. The highest BCUT2D eigenvalue weighted by Crippen LogP contribution is 2.51. The third-order valence-electron chi connectivity index (χ3n) is 4.19. The first kappa shape index (κ1) is 13.9. The van der Waals surface area contributed by atoms with E-state index in [2.05, 4.69) is 5.16 Å². The monoisotopic (exact) mass is 317 g/mol. The normalized spacial score (nSPS) is 16.0. The molecular formula is C16H15NO6. The molecular weight excluding hydrogens is 302 g/mol. The maximum absolute atomic E-state index is 11.1. The Morgan fingerprint density at radius 2 is 1.78 bits per heavy atom. The van der Waals surface area contributed by atoms with Crippen molar-refractivity contribution in [2.75, 3.05) is 13.2 Å². The van der Waals surface area contributed by atoms with Gasteiger partial charge in [-0.1, -0.05) is 5.16 Å². The number of carboxylic acid groups (broad SMARTS) is 1. The zero-order valence-corrected chi connectivity index (χ0v) is 12.3. The van der Waals surface area contributed by atoms with Gasteiger partial charge in [0.15, 0.2) is 23.0 Å². The second-order valence-electron chi connectivity index (χ2n) is 5.62. The van der Waals surface area contributed by atoms with Gasteiger partial charge in [-0.2, -0.15) is 0 Å². The van der Waals surface area contributed by atoms with E-state index < -0.39 is 5.97 Å². The van der Waals surface area contributed by atoms with Crippen LogP contribution in [0.4, 0.5) is 0 Å². The smallest absolute Gasteiger partial charge is 0.358 e. The molecule has 2 aromatic rings. The Kier molecular flexibility index (Phi) is 3.14. The van der Waals surface area contributed by atoms with E-state index in [0.29, 0.717) is 54.4 Å². The highest BCUT2D eigenvalue weighted by Gasteiger charge is 2.32. The highest BCUT2D eigenvalue weighted by atomic mass is 16.5. The molecule has 0 amide bonds. The lowest BCUT2D eigenvalue weighted by atomic mass is 9.91. The van der Waals surface area contributed by atoms with Crippen LogP contribution in [0.5, 0.6) is 17.2 Å². The van der Waals surface area contributed by atoms with Gasteiger partial charge in [0.1, 0.15) is 5.75 Å². The van der Waals surface area contributed by atoms with Crippen molar-refractivity contribution in [3.63, 3.8) is 0 Å². The van der Waals surface area contributed by atoms with Crippen LogP contribution >= 0.6 is 0 Å². The molecule has 0 saturated carbocycles. The zero-order chi connectivity index (χ0) is 16.0. The number of benzene rings is 1. The minimum absolute atomic E-state index is 0.121. The van der Waals surface area contributed by atoms with Gasteiger partial charge in [-0.3, -0.25) is 0 Å². The molecule has 23 heavy (non-hydrogen) atoms. The van der Waals surface area contributed by atoms with Crippen molar-refractivity contribution in [1.29, 1.82) is 0 Å². The SMILES string of the molecule is O=C(O)c1cc(-c2c3c(c(O)c4c2OCCC4)OCCC3)on1. The Hall–Kier alpha value is -2.70. The summed E-state index contributed by atoms with van der Waals surface area (Å²) in [6.07, 6.45) is 2.97. The van der Waals surface area contributed by atoms with Crippen molar-refractivity contribution in [3.8, 4) is 28.6 Å². The molecule has 0 saturated heterocycles. The predicted molar refractivity (Wildman–Crippen MR) is 78.2 cm³/mol. The van der Waals surface area contributed by atoms with Crippen molar-refractivity contribution in [1.82, 2.24) is 5.16 Å². The number of hydrogen-bond acceptors (Lipinski definition) is 6. The first-order valence-electron chi connectivity index (χ1n) is 7.53. The maximum atomic E-state index is 11.1. The fourth-order valence-electron chi connectivity index (χ4n) is 3.17. The Morgan fingerprint density at radius 1 is 1.09 bits per heavy atom. The molecule has 2 aliphatic rings. The van der Waals surface area contributed by atoms with Crippen molar-refractivity contribution in [2.45, 2.75) is 25.7 Å². The topological polar surface area (TPSA) is 102 Å². The Morgan fingerprint density at radius 3 is 2.48 bits per heavy atom. The summed E-state index contributed by atoms with van der Waals surface area (Å²) in [6, 6.07) is 1.38. The summed E-state index contributed by atoms with van der Waals surface area (Å²) in [5.41, 5.74) is 1.94. The summed E-state index contributed by atoms with van der Waals surface area (Å²) >= 11 is 0. The molecule has 7 nitrogen and oxygen atoms in total. The molecule has 1 aromatic heterocycles. The summed E-state index contributed by atoms with van der Waals surface area (Å²) in [4.78, 5) is 11.1. The zero-order valence-electron chi connectivity index (χ0n) is 12.3. The largest absolute Gasteiger partial charge is 0.504 e. The number of aromatic hydroxyl groups is 1. The molecule has 4 rings (SSSR count). The number of ether oxygens (including phenoxy) is 2. The van der Waals surface area contributed by atoms with E-state index in [1.54, 1.807) is 0 Å². The van der Waals surface area contributed by atoms with Crippen LogP contribution in [-0.2, 0) is 12.8 Å². The molecule has 7 heteroatoms. The van der Waals surface area contributed by atoms with E-state index >= 15 is 0 Å². The van der Waals surface area contributed by atoms with Gasteiger partial charge in [-0.25, -0.2) is 4.79 Å². The first-order chi connectivity index (χ1) is 11.2. The predicted octanol–water partition coefficient (Wildman–Crippen LogP) is 2.40. The van der Waals surface area contributed by atoms with Crippen LogP contribution in [0.1, 0.15) is 34.5 Å². The van der Waals surface area contributed by atoms with Gasteiger partial charge in [0, 0.05) is 17.2 Å². The number of aromatic carboxylic acids is 1. The summed E-state index contributed by atoms with van der Waals surface area (Å²) in [6.45, 7) is 1.08. The minimum atomic E-state index is -1.15. The van der Waals surface area contributed by atoms with Gasteiger partial charge in [-0.15, -0.1) is 0 Å². The molecule has 3 heterocycles. The van der Waals surface area contributed by atoms with Gasteiger partial charge in [0.25, 0.3) is 0 Å². The van der Waals surface area contributed by atoms with Crippen LogP contribution in [0.25, 0.3) is 11.3 Å². The Balaban J connectivity index is 1.98. The molecule has 2 N–H and O–H groups in total. The standard InChI is InChI=1S/C16H15NO6/c18-13-9-4-2-5-21-14(9)12(8-3-1-6-22-15(8)13)11-7-10(16(19)20)17-23-11/h7,18H,1-6H2,(H,19,20). The van der Waals surface area contributed by atoms with Gasteiger partial charge < -0.3 is 24.2 Å². The van der Waals surface area contributed by atoms with Gasteiger partial charge in [0.05, 0.1) is 18.8 Å². The number of phenols is 1. The van der Waals surface area contributed by atoms with Gasteiger partial charge in [-0.05, 0) is 25.7 Å². The van der Waals surface area contributed by atoms with Crippen LogP contribution in [0.15, 0.2) is 10.6 Å². The van der Waals surface area contributed by atoms with Crippen molar-refractivity contribution in [3.05, 3.63) is 22.9 Å². The average Bonchev–Trinajstić information content (AvgIpc) is 3.05. The van der Waals surface area contributed by atoms with Crippen molar-refractivity contribution in [2.24, 2.45) is 0 Å². The van der Waals surface area contributed by atoms with Gasteiger partial charge in [0.2, 0.25) is 0 Å². The minimum Gasteiger partial charge on any atom is -0.504 e. The van der Waals surface area contributed by atoms with E-state index in [9.17, 15) is 9.90 Å². The van der Waals surface area contributed by atoms with E-state index in [-0.39, 0.29) is 11.4 Å². The summed E-state index contributed by atoms with van der Waals surface area (Å²) in [7, 11) is 0. The number of phenolic OH excluding ortho intramolecular Hbond substituents is 1. The fraction of sp³-hybridized carbons (Fsp3) is 0.375. The Labute approximate surface area is 131 Å². The molecule has 1 aromatic carbocycles. The van der Waals surface area contributed by atoms with E-state index in [1.165, 1.54) is 6.07 Å². The second-order valence-corrected chi connectivity index (χ2v) is 5.62. The quantitative estimate of drug-likeness (QED) is 0.876. The van der Waals surface area contributed by atoms with Crippen molar-refractivity contribution < 1.29 is 29.0 Å². The number of carbonyl (C=O) groups is 1. The molecule has 0 fully saturated rings. The summed E-state index contributed by atoms with van der Waals surface area (Å²) in [5, 5.41) is 23.1. The molecule has 120 valence electrons. The van der Waals surface area contributed by atoms with E-state index in [0.717, 1.165) is 18.4 Å². The van der Waals surface area contributed by atoms with Crippen LogP contribution in [0.2, 0.25) is 0 Å². The van der Waals surface area contributed by atoms with E-state index in [1.807, 2.05) is 0 Å². The molecule has 0 atom stereocenters. The highest BCUT2D eigenvalue weighted by molar-refractivity contribution is 5.88. The van der Waals surface area contributed by atoms with Crippen LogP contribution < -0.4 is 9.47 Å². The van der Waals surface area contributed by atoms with Crippen LogP contribution in [0.3, 0.4) is 0 Å². The first-order valence-corrected chi connectivity index (χ1v) is 7.53. The molecule has 0 spiro atoms. The number of carboxylic acids is 1. The lowest BCUT2D eigenvalue weighted by Crippen LogP contribution is -2.15. The van der Waals surface area contributed by atoms with Crippen LogP contribution in [-0.4, -0.2) is 34.6 Å². The molecule has 0 unspecified atom stereocenters. The molecule has 0 aliphatic carbocycles. The lowest BCUT2D eigenvalue weighted by Gasteiger charge is -2.27. The Bertz CT molecular complexity index is 757. The number of nitrogens with zero attached hydrogens (tertiary/aromatic N) is 1. The van der Waals surface area contributed by atoms with Crippen molar-refractivity contribution >= 4 is 5.97 Å². The molecule has 0 radical (unpaired) electrons. The maximum Gasteiger partial charge on any atom is 0.358 e.